The average Bonchev–Trinajstić information content (AvgIpc) is 3.09. The summed E-state index contributed by atoms with van der Waals surface area (Å²) in [6.07, 6.45) is 0.331. The second-order valence-corrected chi connectivity index (χ2v) is 10.5. The minimum atomic E-state index is -3.70. The molecule has 7 nitrogen and oxygen atoms in total. The molecule has 0 saturated carbocycles. The topological polar surface area (TPSA) is 75.5 Å². The first-order chi connectivity index (χ1) is 15.8. The van der Waals surface area contributed by atoms with E-state index in [-0.39, 0.29) is 23.9 Å². The first-order valence-corrected chi connectivity index (χ1v) is 12.6. The van der Waals surface area contributed by atoms with Gasteiger partial charge in [0.25, 0.3) is 0 Å². The van der Waals surface area contributed by atoms with Crippen molar-refractivity contribution in [3.63, 3.8) is 0 Å². The van der Waals surface area contributed by atoms with Gasteiger partial charge < -0.3 is 4.90 Å². The van der Waals surface area contributed by atoms with E-state index >= 15 is 0 Å². The monoisotopic (exact) mass is 466 g/mol. The van der Waals surface area contributed by atoms with E-state index in [1.54, 1.807) is 23.4 Å². The molecule has 8 heteroatoms. The molecule has 3 aromatic rings. The van der Waals surface area contributed by atoms with Crippen LogP contribution in [-0.2, 0) is 27.8 Å². The van der Waals surface area contributed by atoms with E-state index < -0.39 is 10.0 Å². The second kappa shape index (κ2) is 9.49. The highest BCUT2D eigenvalue weighted by Gasteiger charge is 2.34. The van der Waals surface area contributed by atoms with Gasteiger partial charge in [0.1, 0.15) is 4.90 Å². The fourth-order valence-corrected chi connectivity index (χ4v) is 6.06. The van der Waals surface area contributed by atoms with Crippen LogP contribution in [0, 0.1) is 20.8 Å². The van der Waals surface area contributed by atoms with E-state index in [1.807, 2.05) is 61.5 Å². The van der Waals surface area contributed by atoms with Crippen LogP contribution in [0.3, 0.4) is 0 Å². The van der Waals surface area contributed by atoms with E-state index in [1.165, 1.54) is 4.31 Å². The fourth-order valence-electron chi connectivity index (χ4n) is 4.26. The summed E-state index contributed by atoms with van der Waals surface area (Å²) in [5.41, 5.74) is 4.32. The Balaban J connectivity index is 1.44. The van der Waals surface area contributed by atoms with Gasteiger partial charge in [-0.1, -0.05) is 60.2 Å². The zero-order chi connectivity index (χ0) is 23.6. The van der Waals surface area contributed by atoms with Gasteiger partial charge in [0.15, 0.2) is 0 Å². The van der Waals surface area contributed by atoms with Crippen LogP contribution in [-0.4, -0.2) is 59.5 Å². The number of aromatic nitrogens is 2. The van der Waals surface area contributed by atoms with Crippen LogP contribution in [0.15, 0.2) is 59.5 Å². The van der Waals surface area contributed by atoms with Crippen LogP contribution in [0.1, 0.15) is 28.1 Å². The minimum absolute atomic E-state index is 0.0268. The average molecular weight is 467 g/mol. The van der Waals surface area contributed by atoms with Crippen molar-refractivity contribution >= 4 is 15.9 Å². The first kappa shape index (κ1) is 23.2. The summed E-state index contributed by atoms with van der Waals surface area (Å²) < 4.78 is 30.2. The van der Waals surface area contributed by atoms with Gasteiger partial charge in [-0.15, -0.1) is 0 Å². The summed E-state index contributed by atoms with van der Waals surface area (Å²) in [6, 6.07) is 17.8. The summed E-state index contributed by atoms with van der Waals surface area (Å²) in [4.78, 5) is 14.7. The number of carbonyl (C=O) groups excluding carboxylic acids is 1. The standard InChI is InChI=1S/C25H30N4O3S/c1-19-9-11-22(12-10-19)17-24(30)27-13-15-28(16-14-27)33(31,32)25-20(2)26-29(21(25)3)18-23-7-5-4-6-8-23/h4-12H,13-18H2,1-3H3. The molecule has 0 unspecified atom stereocenters. The lowest BCUT2D eigenvalue weighted by atomic mass is 10.1. The van der Waals surface area contributed by atoms with E-state index in [2.05, 4.69) is 5.10 Å². The number of hydrogen-bond donors (Lipinski definition) is 0. The third-order valence-electron chi connectivity index (χ3n) is 6.16. The summed E-state index contributed by atoms with van der Waals surface area (Å²) >= 11 is 0. The number of rotatable bonds is 6. The molecule has 0 radical (unpaired) electrons. The highest BCUT2D eigenvalue weighted by molar-refractivity contribution is 7.89. The molecule has 4 rings (SSSR count). The van der Waals surface area contributed by atoms with Crippen LogP contribution in [0.25, 0.3) is 0 Å². The van der Waals surface area contributed by atoms with E-state index in [4.69, 9.17) is 0 Å². The highest BCUT2D eigenvalue weighted by atomic mass is 32.2. The van der Waals surface area contributed by atoms with Gasteiger partial charge in [0.2, 0.25) is 15.9 Å². The van der Waals surface area contributed by atoms with Crippen molar-refractivity contribution in [3.8, 4) is 0 Å². The SMILES string of the molecule is Cc1ccc(CC(=O)N2CCN(S(=O)(=O)c3c(C)nn(Cc4ccccc4)c3C)CC2)cc1. The number of hydrogen-bond acceptors (Lipinski definition) is 4. The lowest BCUT2D eigenvalue weighted by Gasteiger charge is -2.34. The maximum atomic E-state index is 13.5. The third kappa shape index (κ3) is 5.02. The Morgan fingerprint density at radius 2 is 1.52 bits per heavy atom. The highest BCUT2D eigenvalue weighted by Crippen LogP contribution is 2.25. The molecule has 33 heavy (non-hydrogen) atoms. The van der Waals surface area contributed by atoms with Crippen LogP contribution >= 0.6 is 0 Å². The Hall–Kier alpha value is -2.97. The molecule has 174 valence electrons. The van der Waals surface area contributed by atoms with Crippen molar-refractivity contribution in [2.75, 3.05) is 26.2 Å². The molecule has 0 spiro atoms. The number of sulfonamides is 1. The van der Waals surface area contributed by atoms with Gasteiger partial charge in [-0.05, 0) is 31.9 Å². The van der Waals surface area contributed by atoms with Gasteiger partial charge in [0.05, 0.1) is 24.4 Å². The van der Waals surface area contributed by atoms with Crippen molar-refractivity contribution in [1.29, 1.82) is 0 Å². The van der Waals surface area contributed by atoms with E-state index in [0.717, 1.165) is 16.7 Å². The molecule has 2 heterocycles. The summed E-state index contributed by atoms with van der Waals surface area (Å²) in [5.74, 6) is 0.0268. The molecular formula is C25H30N4O3S. The second-order valence-electron chi connectivity index (χ2n) is 8.59. The minimum Gasteiger partial charge on any atom is -0.340 e. The summed E-state index contributed by atoms with van der Waals surface area (Å²) in [7, 11) is -3.70. The molecule has 1 amide bonds. The third-order valence-corrected chi connectivity index (χ3v) is 8.31. The van der Waals surface area contributed by atoms with Gasteiger partial charge in [-0.2, -0.15) is 9.40 Å². The van der Waals surface area contributed by atoms with Gasteiger partial charge in [0, 0.05) is 26.2 Å². The van der Waals surface area contributed by atoms with Gasteiger partial charge >= 0.3 is 0 Å². The van der Waals surface area contributed by atoms with E-state index in [9.17, 15) is 13.2 Å². The van der Waals surface area contributed by atoms with Crippen molar-refractivity contribution < 1.29 is 13.2 Å². The lowest BCUT2D eigenvalue weighted by Crippen LogP contribution is -2.51. The summed E-state index contributed by atoms with van der Waals surface area (Å²) in [6.45, 7) is 7.42. The maximum Gasteiger partial charge on any atom is 0.246 e. The molecule has 1 fully saturated rings. The number of nitrogens with zero attached hydrogens (tertiary/aromatic N) is 4. The fraction of sp³-hybridized carbons (Fsp3) is 0.360. The molecule has 0 N–H and O–H groups in total. The predicted molar refractivity (Wildman–Crippen MR) is 127 cm³/mol. The van der Waals surface area contributed by atoms with Gasteiger partial charge in [-0.25, -0.2) is 8.42 Å². The molecule has 1 aromatic heterocycles. The molecule has 1 saturated heterocycles. The van der Waals surface area contributed by atoms with Gasteiger partial charge in [-0.3, -0.25) is 9.48 Å². The van der Waals surface area contributed by atoms with Crippen molar-refractivity contribution in [3.05, 3.63) is 82.7 Å². The smallest absolute Gasteiger partial charge is 0.246 e. The number of benzene rings is 2. The Morgan fingerprint density at radius 3 is 2.15 bits per heavy atom. The number of aryl methyl sites for hydroxylation is 2. The quantitative estimate of drug-likeness (QED) is 0.560. The molecule has 1 aliphatic heterocycles. The molecule has 1 aliphatic rings. The van der Waals surface area contributed by atoms with Crippen LogP contribution in [0.5, 0.6) is 0 Å². The Labute approximate surface area is 195 Å². The Bertz CT molecular complexity index is 1230. The Morgan fingerprint density at radius 1 is 0.879 bits per heavy atom. The maximum absolute atomic E-state index is 13.5. The number of piperazine rings is 1. The normalized spacial score (nSPS) is 15.1. The number of amides is 1. The molecule has 0 aliphatic carbocycles. The summed E-state index contributed by atoms with van der Waals surface area (Å²) in [5, 5.41) is 4.51. The lowest BCUT2D eigenvalue weighted by molar-refractivity contribution is -0.131. The van der Waals surface area contributed by atoms with Crippen molar-refractivity contribution in [2.24, 2.45) is 0 Å². The zero-order valence-corrected chi connectivity index (χ0v) is 20.2. The molecule has 0 bridgehead atoms. The predicted octanol–water partition coefficient (Wildman–Crippen LogP) is 2.93. The van der Waals surface area contributed by atoms with Crippen molar-refractivity contribution in [2.45, 2.75) is 38.6 Å². The molecule has 2 aromatic carbocycles. The Kier molecular flexibility index (Phi) is 6.67. The largest absolute Gasteiger partial charge is 0.340 e. The van der Waals surface area contributed by atoms with Crippen LogP contribution < -0.4 is 0 Å². The van der Waals surface area contributed by atoms with Crippen LogP contribution in [0.4, 0.5) is 0 Å². The zero-order valence-electron chi connectivity index (χ0n) is 19.4. The molecular weight excluding hydrogens is 436 g/mol. The van der Waals surface area contributed by atoms with Crippen molar-refractivity contribution in [1.82, 2.24) is 19.0 Å². The first-order valence-electron chi connectivity index (χ1n) is 11.2. The van der Waals surface area contributed by atoms with E-state index in [0.29, 0.717) is 37.4 Å². The number of carbonyl (C=O) groups is 1. The van der Waals surface area contributed by atoms with Crippen LogP contribution in [0.2, 0.25) is 0 Å². The molecule has 0 atom stereocenters.